The summed E-state index contributed by atoms with van der Waals surface area (Å²) in [4.78, 5) is 36.9. The second kappa shape index (κ2) is 10.5. The van der Waals surface area contributed by atoms with Gasteiger partial charge in [0.2, 0.25) is 5.91 Å². The standard InChI is InChI=1S/C25H21NO5/c1-30-20-14-11-18(12-15-20)13-16-24(28)26-22-10-6-5-9-21(22)25(29)31-17-23(27)19-7-3-2-4-8-19/h2-16H,17H2,1H3,(H,26,28)/b16-13+. The fourth-order valence-corrected chi connectivity index (χ4v) is 2.75. The Labute approximate surface area is 180 Å². The van der Waals surface area contributed by atoms with Crippen molar-refractivity contribution in [2.45, 2.75) is 0 Å². The Morgan fingerprint density at radius 2 is 1.55 bits per heavy atom. The fourth-order valence-electron chi connectivity index (χ4n) is 2.75. The second-order valence-corrected chi connectivity index (χ2v) is 6.51. The van der Waals surface area contributed by atoms with Gasteiger partial charge in [-0.15, -0.1) is 0 Å². The molecule has 31 heavy (non-hydrogen) atoms. The summed E-state index contributed by atoms with van der Waals surface area (Å²) < 4.78 is 10.2. The molecule has 3 aromatic rings. The van der Waals surface area contributed by atoms with Gasteiger partial charge in [0.05, 0.1) is 18.4 Å². The highest BCUT2D eigenvalue weighted by Gasteiger charge is 2.16. The first-order valence-corrected chi connectivity index (χ1v) is 9.54. The van der Waals surface area contributed by atoms with Crippen LogP contribution in [0.5, 0.6) is 5.75 Å². The van der Waals surface area contributed by atoms with E-state index in [0.29, 0.717) is 11.3 Å². The average molecular weight is 415 g/mol. The van der Waals surface area contributed by atoms with Crippen molar-refractivity contribution in [1.82, 2.24) is 0 Å². The number of carbonyl (C=O) groups is 3. The molecule has 0 aliphatic carbocycles. The number of para-hydroxylation sites is 1. The summed E-state index contributed by atoms with van der Waals surface area (Å²) >= 11 is 0. The Hall–Kier alpha value is -4.19. The number of hydrogen-bond donors (Lipinski definition) is 1. The van der Waals surface area contributed by atoms with Gasteiger partial charge in [0.15, 0.2) is 12.4 Å². The molecule has 0 saturated carbocycles. The Balaban J connectivity index is 1.62. The molecule has 0 radical (unpaired) electrons. The van der Waals surface area contributed by atoms with E-state index < -0.39 is 11.9 Å². The molecule has 6 heteroatoms. The number of hydrogen-bond acceptors (Lipinski definition) is 5. The van der Waals surface area contributed by atoms with Crippen molar-refractivity contribution in [1.29, 1.82) is 0 Å². The lowest BCUT2D eigenvalue weighted by Gasteiger charge is -2.10. The monoisotopic (exact) mass is 415 g/mol. The highest BCUT2D eigenvalue weighted by molar-refractivity contribution is 6.07. The molecule has 156 valence electrons. The van der Waals surface area contributed by atoms with E-state index in [1.165, 1.54) is 12.1 Å². The van der Waals surface area contributed by atoms with Gasteiger partial charge in [0.1, 0.15) is 5.75 Å². The molecule has 0 aliphatic rings. The van der Waals surface area contributed by atoms with Gasteiger partial charge in [-0.25, -0.2) is 4.79 Å². The number of esters is 1. The molecular weight excluding hydrogens is 394 g/mol. The Bertz CT molecular complexity index is 1090. The fraction of sp³-hybridized carbons (Fsp3) is 0.0800. The van der Waals surface area contributed by atoms with E-state index >= 15 is 0 Å². The van der Waals surface area contributed by atoms with E-state index in [1.54, 1.807) is 73.8 Å². The number of rotatable bonds is 8. The first kappa shape index (κ1) is 21.5. The zero-order valence-electron chi connectivity index (χ0n) is 16.9. The molecular formula is C25H21NO5. The largest absolute Gasteiger partial charge is 0.497 e. The average Bonchev–Trinajstić information content (AvgIpc) is 2.82. The van der Waals surface area contributed by atoms with Gasteiger partial charge in [0, 0.05) is 11.6 Å². The minimum absolute atomic E-state index is 0.162. The maximum atomic E-state index is 12.5. The molecule has 0 aromatic heterocycles. The first-order valence-electron chi connectivity index (χ1n) is 9.54. The molecule has 0 unspecified atom stereocenters. The summed E-state index contributed by atoms with van der Waals surface area (Å²) in [5, 5.41) is 2.67. The van der Waals surface area contributed by atoms with E-state index in [1.807, 2.05) is 12.1 Å². The van der Waals surface area contributed by atoms with Crippen molar-refractivity contribution >= 4 is 29.4 Å². The highest BCUT2D eigenvalue weighted by Crippen LogP contribution is 2.17. The molecule has 0 bridgehead atoms. The van der Waals surface area contributed by atoms with Crippen LogP contribution in [0.1, 0.15) is 26.3 Å². The van der Waals surface area contributed by atoms with Crippen molar-refractivity contribution in [2.24, 2.45) is 0 Å². The summed E-state index contributed by atoms with van der Waals surface area (Å²) in [5.74, 6) is -0.687. The van der Waals surface area contributed by atoms with Gasteiger partial charge in [0.25, 0.3) is 0 Å². The van der Waals surface area contributed by atoms with Crippen LogP contribution in [-0.4, -0.2) is 31.4 Å². The quantitative estimate of drug-likeness (QED) is 0.335. The number of Topliss-reactive ketones (excluding diaryl/α,β-unsaturated/α-hetero) is 1. The number of carbonyl (C=O) groups excluding carboxylic acids is 3. The third kappa shape index (κ3) is 6.14. The lowest BCUT2D eigenvalue weighted by atomic mass is 10.1. The molecule has 0 fully saturated rings. The van der Waals surface area contributed by atoms with E-state index in [9.17, 15) is 14.4 Å². The van der Waals surface area contributed by atoms with Crippen molar-refractivity contribution < 1.29 is 23.9 Å². The number of ketones is 1. The summed E-state index contributed by atoms with van der Waals surface area (Å²) in [6.07, 6.45) is 3.01. The molecule has 1 N–H and O–H groups in total. The van der Waals surface area contributed by atoms with Crippen LogP contribution in [0.25, 0.3) is 6.08 Å². The Morgan fingerprint density at radius 3 is 2.26 bits per heavy atom. The zero-order chi connectivity index (χ0) is 22.1. The number of amides is 1. The van der Waals surface area contributed by atoms with Crippen LogP contribution >= 0.6 is 0 Å². The van der Waals surface area contributed by atoms with Crippen LogP contribution in [0.2, 0.25) is 0 Å². The molecule has 0 aliphatic heterocycles. The highest BCUT2D eigenvalue weighted by atomic mass is 16.5. The normalized spacial score (nSPS) is 10.5. The van der Waals surface area contributed by atoms with Crippen LogP contribution in [0, 0.1) is 0 Å². The summed E-state index contributed by atoms with van der Waals surface area (Å²) in [6.45, 7) is -0.386. The van der Waals surface area contributed by atoms with Gasteiger partial charge in [-0.3, -0.25) is 9.59 Å². The third-order valence-electron chi connectivity index (χ3n) is 4.38. The van der Waals surface area contributed by atoms with Gasteiger partial charge in [-0.05, 0) is 35.9 Å². The summed E-state index contributed by atoms with van der Waals surface area (Å²) in [7, 11) is 1.58. The van der Waals surface area contributed by atoms with E-state index in [0.717, 1.165) is 11.3 Å². The summed E-state index contributed by atoms with van der Waals surface area (Å²) in [6, 6.07) is 22.2. The molecule has 3 rings (SSSR count). The van der Waals surface area contributed by atoms with Gasteiger partial charge in [-0.2, -0.15) is 0 Å². The zero-order valence-corrected chi connectivity index (χ0v) is 16.9. The van der Waals surface area contributed by atoms with Crippen LogP contribution in [0.4, 0.5) is 5.69 Å². The molecule has 0 heterocycles. The first-order chi connectivity index (χ1) is 15.1. The molecule has 0 atom stereocenters. The molecule has 0 spiro atoms. The minimum Gasteiger partial charge on any atom is -0.497 e. The number of ether oxygens (including phenoxy) is 2. The molecule has 6 nitrogen and oxygen atoms in total. The van der Waals surface area contributed by atoms with Crippen molar-refractivity contribution in [3.63, 3.8) is 0 Å². The predicted octanol–water partition coefficient (Wildman–Crippen LogP) is 4.39. The van der Waals surface area contributed by atoms with Crippen molar-refractivity contribution in [3.8, 4) is 5.75 Å². The third-order valence-corrected chi connectivity index (χ3v) is 4.38. The lowest BCUT2D eigenvalue weighted by molar-refractivity contribution is -0.111. The SMILES string of the molecule is COc1ccc(/C=C/C(=O)Nc2ccccc2C(=O)OCC(=O)c2ccccc2)cc1. The number of nitrogens with one attached hydrogen (secondary N) is 1. The van der Waals surface area contributed by atoms with Crippen molar-refractivity contribution in [3.05, 3.63) is 102 Å². The van der Waals surface area contributed by atoms with Crippen LogP contribution < -0.4 is 10.1 Å². The molecule has 1 amide bonds. The maximum Gasteiger partial charge on any atom is 0.340 e. The van der Waals surface area contributed by atoms with Crippen LogP contribution in [-0.2, 0) is 9.53 Å². The second-order valence-electron chi connectivity index (χ2n) is 6.51. The molecule has 0 saturated heterocycles. The van der Waals surface area contributed by atoms with Crippen LogP contribution in [0.15, 0.2) is 84.9 Å². The summed E-state index contributed by atoms with van der Waals surface area (Å²) in [5.41, 5.74) is 1.74. The van der Waals surface area contributed by atoms with Crippen LogP contribution in [0.3, 0.4) is 0 Å². The van der Waals surface area contributed by atoms with Gasteiger partial charge in [-0.1, -0.05) is 54.6 Å². The van der Waals surface area contributed by atoms with Crippen molar-refractivity contribution in [2.75, 3.05) is 19.0 Å². The minimum atomic E-state index is -0.695. The molecule has 3 aromatic carbocycles. The van der Waals surface area contributed by atoms with E-state index in [2.05, 4.69) is 5.32 Å². The van der Waals surface area contributed by atoms with E-state index in [4.69, 9.17) is 9.47 Å². The maximum absolute atomic E-state index is 12.5. The topological polar surface area (TPSA) is 81.7 Å². The Kier molecular flexibility index (Phi) is 7.32. The van der Waals surface area contributed by atoms with Gasteiger partial charge >= 0.3 is 5.97 Å². The van der Waals surface area contributed by atoms with E-state index in [-0.39, 0.29) is 18.0 Å². The number of benzene rings is 3. The number of anilines is 1. The number of methoxy groups -OCH3 is 1. The predicted molar refractivity (Wildman–Crippen MR) is 118 cm³/mol. The smallest absolute Gasteiger partial charge is 0.340 e. The van der Waals surface area contributed by atoms with Gasteiger partial charge < -0.3 is 14.8 Å². The lowest BCUT2D eigenvalue weighted by Crippen LogP contribution is -2.17. The Morgan fingerprint density at radius 1 is 0.871 bits per heavy atom.